The highest BCUT2D eigenvalue weighted by atomic mass is 16.5. The minimum Gasteiger partial charge on any atom is -0.493 e. The molecular formula is C24H28O6. The Bertz CT molecular complexity index is 963. The van der Waals surface area contributed by atoms with E-state index in [1.54, 1.807) is 18.2 Å². The minimum absolute atomic E-state index is 0.220. The van der Waals surface area contributed by atoms with Gasteiger partial charge in [-0.15, -0.1) is 0 Å². The number of esters is 1. The van der Waals surface area contributed by atoms with Crippen LogP contribution in [-0.2, 0) is 9.53 Å². The lowest BCUT2D eigenvalue weighted by molar-refractivity contribution is -0.136. The predicted molar refractivity (Wildman–Crippen MR) is 116 cm³/mol. The van der Waals surface area contributed by atoms with Crippen LogP contribution in [-0.4, -0.2) is 39.7 Å². The summed E-state index contributed by atoms with van der Waals surface area (Å²) in [6.07, 6.45) is 2.82. The smallest absolute Gasteiger partial charge is 0.331 e. The van der Waals surface area contributed by atoms with Crippen LogP contribution < -0.4 is 14.2 Å². The highest BCUT2D eigenvalue weighted by Gasteiger charge is 2.17. The van der Waals surface area contributed by atoms with E-state index in [1.165, 1.54) is 27.4 Å². The highest BCUT2D eigenvalue weighted by Crippen LogP contribution is 2.38. The molecule has 0 fully saturated rings. The van der Waals surface area contributed by atoms with Gasteiger partial charge in [0.25, 0.3) is 0 Å². The summed E-state index contributed by atoms with van der Waals surface area (Å²) < 4.78 is 21.0. The molecule has 6 nitrogen and oxygen atoms in total. The molecule has 0 unspecified atom stereocenters. The monoisotopic (exact) mass is 412 g/mol. The Balaban J connectivity index is 2.11. The summed E-state index contributed by atoms with van der Waals surface area (Å²) in [4.78, 5) is 24.7. The number of ketones is 1. The van der Waals surface area contributed by atoms with Crippen molar-refractivity contribution >= 4 is 17.8 Å². The summed E-state index contributed by atoms with van der Waals surface area (Å²) in [5, 5.41) is 0. The zero-order valence-electron chi connectivity index (χ0n) is 18.5. The van der Waals surface area contributed by atoms with E-state index in [0.717, 1.165) is 22.3 Å². The molecule has 0 amide bonds. The molecule has 0 spiro atoms. The molecule has 160 valence electrons. The summed E-state index contributed by atoms with van der Waals surface area (Å²) >= 11 is 0. The molecule has 0 aliphatic rings. The Morgan fingerprint density at radius 3 is 1.97 bits per heavy atom. The number of Topliss-reactive ketones (excluding diaryl/α,β-unsaturated/α-hetero) is 1. The predicted octanol–water partition coefficient (Wildman–Crippen LogP) is 4.39. The van der Waals surface area contributed by atoms with E-state index in [-0.39, 0.29) is 12.4 Å². The van der Waals surface area contributed by atoms with Gasteiger partial charge in [-0.2, -0.15) is 0 Å². The largest absolute Gasteiger partial charge is 0.493 e. The van der Waals surface area contributed by atoms with Crippen LogP contribution in [0.2, 0.25) is 0 Å². The fourth-order valence-corrected chi connectivity index (χ4v) is 3.33. The number of methoxy groups -OCH3 is 3. The molecule has 6 heteroatoms. The Morgan fingerprint density at radius 2 is 1.43 bits per heavy atom. The van der Waals surface area contributed by atoms with Crippen molar-refractivity contribution in [3.8, 4) is 17.2 Å². The second-order valence-electron chi connectivity index (χ2n) is 6.96. The van der Waals surface area contributed by atoms with Crippen LogP contribution in [0.25, 0.3) is 6.08 Å². The fraction of sp³-hybridized carbons (Fsp3) is 0.333. The minimum atomic E-state index is -0.615. The molecule has 0 heterocycles. The normalized spacial score (nSPS) is 10.8. The SMILES string of the molecule is COc1cc(/C=C/C(=O)OCC(=O)c2c(C)cc(C)c(C)c2C)cc(OC)c1OC. The van der Waals surface area contributed by atoms with E-state index in [1.807, 2.05) is 33.8 Å². The maximum absolute atomic E-state index is 12.6. The van der Waals surface area contributed by atoms with Gasteiger partial charge in [-0.3, -0.25) is 4.79 Å². The lowest BCUT2D eigenvalue weighted by atomic mass is 9.92. The molecule has 0 atom stereocenters. The van der Waals surface area contributed by atoms with E-state index >= 15 is 0 Å². The maximum atomic E-state index is 12.6. The summed E-state index contributed by atoms with van der Waals surface area (Å²) in [7, 11) is 4.55. The van der Waals surface area contributed by atoms with Gasteiger partial charge in [-0.1, -0.05) is 6.07 Å². The Kier molecular flexibility index (Phi) is 7.64. The van der Waals surface area contributed by atoms with Gasteiger partial charge in [0.2, 0.25) is 11.5 Å². The first-order valence-corrected chi connectivity index (χ1v) is 9.48. The van der Waals surface area contributed by atoms with Crippen molar-refractivity contribution in [2.75, 3.05) is 27.9 Å². The molecule has 0 radical (unpaired) electrons. The Hall–Kier alpha value is -3.28. The van der Waals surface area contributed by atoms with Crippen LogP contribution in [0.3, 0.4) is 0 Å². The second-order valence-corrected chi connectivity index (χ2v) is 6.96. The number of aryl methyl sites for hydroxylation is 2. The molecule has 2 rings (SSSR count). The topological polar surface area (TPSA) is 71.1 Å². The van der Waals surface area contributed by atoms with Gasteiger partial charge in [0.1, 0.15) is 0 Å². The Morgan fingerprint density at radius 1 is 0.833 bits per heavy atom. The van der Waals surface area contributed by atoms with Crippen molar-refractivity contribution in [1.82, 2.24) is 0 Å². The first-order chi connectivity index (χ1) is 14.2. The summed E-state index contributed by atoms with van der Waals surface area (Å²) in [6, 6.07) is 5.39. The number of hydrogen-bond acceptors (Lipinski definition) is 6. The first kappa shape index (κ1) is 23.0. The molecule has 0 N–H and O–H groups in total. The molecule has 2 aromatic rings. The Labute approximate surface area is 177 Å². The van der Waals surface area contributed by atoms with Crippen molar-refractivity contribution in [2.45, 2.75) is 27.7 Å². The first-order valence-electron chi connectivity index (χ1n) is 9.48. The van der Waals surface area contributed by atoms with Crippen LogP contribution >= 0.6 is 0 Å². The van der Waals surface area contributed by atoms with Gasteiger partial charge in [0.15, 0.2) is 18.1 Å². The second kappa shape index (κ2) is 9.96. The van der Waals surface area contributed by atoms with Gasteiger partial charge in [-0.25, -0.2) is 4.79 Å². The zero-order valence-corrected chi connectivity index (χ0v) is 18.5. The zero-order chi connectivity index (χ0) is 22.4. The number of hydrogen-bond donors (Lipinski definition) is 0. The molecular weight excluding hydrogens is 384 g/mol. The maximum Gasteiger partial charge on any atom is 0.331 e. The summed E-state index contributed by atoms with van der Waals surface area (Å²) in [6.45, 7) is 7.47. The third kappa shape index (κ3) is 5.00. The molecule has 0 aliphatic carbocycles. The summed E-state index contributed by atoms with van der Waals surface area (Å²) in [5.41, 5.74) is 5.27. The fourth-order valence-electron chi connectivity index (χ4n) is 3.33. The third-order valence-electron chi connectivity index (χ3n) is 5.08. The molecule has 2 aromatic carbocycles. The third-order valence-corrected chi connectivity index (χ3v) is 5.08. The lowest BCUT2D eigenvalue weighted by Crippen LogP contribution is -2.16. The van der Waals surface area contributed by atoms with Crippen molar-refractivity contribution in [2.24, 2.45) is 0 Å². The van der Waals surface area contributed by atoms with Crippen LogP contribution in [0.1, 0.15) is 38.2 Å². The van der Waals surface area contributed by atoms with Gasteiger partial charge in [0.05, 0.1) is 21.3 Å². The lowest BCUT2D eigenvalue weighted by Gasteiger charge is -2.14. The summed E-state index contributed by atoms with van der Waals surface area (Å²) in [5.74, 6) is 0.574. The molecule has 30 heavy (non-hydrogen) atoms. The van der Waals surface area contributed by atoms with Crippen LogP contribution in [0.4, 0.5) is 0 Å². The van der Waals surface area contributed by atoms with Gasteiger partial charge in [-0.05, 0) is 73.7 Å². The van der Waals surface area contributed by atoms with Gasteiger partial charge >= 0.3 is 5.97 Å². The quantitative estimate of drug-likeness (QED) is 0.364. The number of carbonyl (C=O) groups excluding carboxylic acids is 2. The molecule has 0 saturated heterocycles. The van der Waals surface area contributed by atoms with Crippen molar-refractivity contribution in [3.63, 3.8) is 0 Å². The van der Waals surface area contributed by atoms with E-state index < -0.39 is 5.97 Å². The van der Waals surface area contributed by atoms with Crippen LogP contribution in [0.15, 0.2) is 24.3 Å². The van der Waals surface area contributed by atoms with Crippen molar-refractivity contribution < 1.29 is 28.5 Å². The number of ether oxygens (including phenoxy) is 4. The van der Waals surface area contributed by atoms with Crippen LogP contribution in [0.5, 0.6) is 17.2 Å². The van der Waals surface area contributed by atoms with E-state index in [2.05, 4.69) is 0 Å². The van der Waals surface area contributed by atoms with Gasteiger partial charge in [0, 0.05) is 11.6 Å². The van der Waals surface area contributed by atoms with Crippen LogP contribution in [0, 0.1) is 27.7 Å². The molecule has 0 bridgehead atoms. The standard InChI is InChI=1S/C24H28O6/c1-14-10-15(2)23(17(4)16(14)3)19(25)13-30-22(26)9-8-18-11-20(27-5)24(29-7)21(12-18)28-6/h8-12H,13H2,1-7H3/b9-8+. The van der Waals surface area contributed by atoms with Gasteiger partial charge < -0.3 is 18.9 Å². The number of rotatable bonds is 8. The van der Waals surface area contributed by atoms with E-state index in [9.17, 15) is 9.59 Å². The molecule has 0 saturated carbocycles. The molecule has 0 aromatic heterocycles. The van der Waals surface area contributed by atoms with E-state index in [4.69, 9.17) is 18.9 Å². The van der Waals surface area contributed by atoms with Crippen molar-refractivity contribution in [3.05, 3.63) is 57.7 Å². The average molecular weight is 412 g/mol. The molecule has 0 aliphatic heterocycles. The average Bonchev–Trinajstić information content (AvgIpc) is 2.73. The number of carbonyl (C=O) groups is 2. The van der Waals surface area contributed by atoms with Crippen molar-refractivity contribution in [1.29, 1.82) is 0 Å². The highest BCUT2D eigenvalue weighted by molar-refractivity contribution is 6.01. The number of benzene rings is 2. The van der Waals surface area contributed by atoms with E-state index in [0.29, 0.717) is 28.4 Å².